The van der Waals surface area contributed by atoms with Gasteiger partial charge >= 0.3 is 13.9 Å². The normalized spacial score (nSPS) is 24.2. The fraction of sp³-hybridized carbons (Fsp3) is 0.722. The molecule has 2 N–H and O–H groups in total. The Morgan fingerprint density at radius 2 is 2.06 bits per heavy atom. The molecular weight excluding hydrogens is 467 g/mol. The molecule has 1 fully saturated rings. The maximum absolute atomic E-state index is 12.3. The van der Waals surface area contributed by atoms with Crippen LogP contribution in [0.25, 0.3) is 0 Å². The highest BCUT2D eigenvalue weighted by Crippen LogP contribution is 2.38. The van der Waals surface area contributed by atoms with Crippen LogP contribution in [0.15, 0.2) is 21.9 Å². The summed E-state index contributed by atoms with van der Waals surface area (Å²) in [6, 6.07) is 1.14. The van der Waals surface area contributed by atoms with Crippen LogP contribution >= 0.6 is 20.0 Å². The Morgan fingerprint density at radius 1 is 1.31 bits per heavy atom. The van der Waals surface area contributed by atoms with Crippen LogP contribution in [-0.2, 0) is 32.6 Å². The van der Waals surface area contributed by atoms with E-state index in [1.165, 1.54) is 25.1 Å². The van der Waals surface area contributed by atoms with Gasteiger partial charge < -0.3 is 28.4 Å². The van der Waals surface area contributed by atoms with Crippen LogP contribution in [0.5, 0.6) is 0 Å². The first kappa shape index (κ1) is 26.9. The first-order chi connectivity index (χ1) is 15.3. The predicted molar refractivity (Wildman–Crippen MR) is 116 cm³/mol. The summed E-state index contributed by atoms with van der Waals surface area (Å²) < 4.78 is 40.3. The van der Waals surface area contributed by atoms with Crippen molar-refractivity contribution in [2.45, 2.75) is 38.4 Å². The van der Waals surface area contributed by atoms with Crippen molar-refractivity contribution >= 4 is 25.1 Å². The Labute approximate surface area is 189 Å². The third-order valence-electron chi connectivity index (χ3n) is 4.49. The van der Waals surface area contributed by atoms with E-state index < -0.39 is 50.7 Å². The summed E-state index contributed by atoms with van der Waals surface area (Å²) >= 11 is 1.20. The SMILES string of the molecule is COC1C(O[PH](=O)OCCOCCSC(=O)C(C)C)C(CO)OC1n1ccc(=O)[nH]c1=O. The van der Waals surface area contributed by atoms with Crippen LogP contribution in [0, 0.1) is 5.92 Å². The van der Waals surface area contributed by atoms with Crippen molar-refractivity contribution in [3.05, 3.63) is 33.1 Å². The van der Waals surface area contributed by atoms with Gasteiger partial charge in [-0.3, -0.25) is 23.7 Å². The molecule has 5 atom stereocenters. The number of hydrogen-bond donors (Lipinski definition) is 2. The van der Waals surface area contributed by atoms with Crippen LogP contribution in [0.1, 0.15) is 20.1 Å². The van der Waals surface area contributed by atoms with Gasteiger partial charge in [-0.15, -0.1) is 0 Å². The molecule has 1 aliphatic heterocycles. The van der Waals surface area contributed by atoms with E-state index in [0.29, 0.717) is 12.4 Å². The minimum Gasteiger partial charge on any atom is -0.394 e. The second kappa shape index (κ2) is 13.4. The van der Waals surface area contributed by atoms with E-state index >= 15 is 0 Å². The second-order valence-electron chi connectivity index (χ2n) is 7.08. The molecule has 0 aromatic carbocycles. The fourth-order valence-corrected chi connectivity index (χ4v) is 4.46. The molecule has 12 nitrogen and oxygen atoms in total. The average Bonchev–Trinajstić information content (AvgIpc) is 3.09. The van der Waals surface area contributed by atoms with Crippen molar-refractivity contribution in [2.24, 2.45) is 5.92 Å². The van der Waals surface area contributed by atoms with Crippen LogP contribution in [0.2, 0.25) is 0 Å². The lowest BCUT2D eigenvalue weighted by molar-refractivity contribution is -0.113. The van der Waals surface area contributed by atoms with E-state index in [4.69, 9.17) is 23.3 Å². The van der Waals surface area contributed by atoms with Gasteiger partial charge in [0.15, 0.2) is 11.3 Å². The standard InChI is InChI=1S/C18H29N2O10PS/c1-11(2)17(23)32-9-8-27-6-7-28-31(25)30-14-12(10-21)29-16(15(14)26-3)20-5-4-13(22)19-18(20)24/h4-5,11-12,14-16,21,31H,6-10H2,1-3H3,(H,19,22,24). The summed E-state index contributed by atoms with van der Waals surface area (Å²) in [6.07, 6.45) is -2.61. The molecule has 1 aromatic heterocycles. The summed E-state index contributed by atoms with van der Waals surface area (Å²) in [5, 5.41) is 9.72. The van der Waals surface area contributed by atoms with E-state index in [1.807, 2.05) is 13.8 Å². The van der Waals surface area contributed by atoms with Crippen molar-refractivity contribution in [3.8, 4) is 0 Å². The third kappa shape index (κ3) is 7.63. The van der Waals surface area contributed by atoms with Crippen molar-refractivity contribution < 1.29 is 37.7 Å². The zero-order chi connectivity index (χ0) is 23.7. The predicted octanol–water partition coefficient (Wildman–Crippen LogP) is 0.165. The number of aromatic nitrogens is 2. The number of H-pyrrole nitrogens is 1. The minimum atomic E-state index is -3.00. The topological polar surface area (TPSA) is 155 Å². The molecular formula is C18H29N2O10PS. The lowest BCUT2D eigenvalue weighted by atomic mass is 10.1. The third-order valence-corrected chi connectivity index (χ3v) is 6.52. The molecule has 1 aromatic rings. The van der Waals surface area contributed by atoms with Crippen molar-refractivity contribution in [3.63, 3.8) is 0 Å². The zero-order valence-electron chi connectivity index (χ0n) is 18.1. The van der Waals surface area contributed by atoms with Gasteiger partial charge in [0.2, 0.25) is 0 Å². The van der Waals surface area contributed by atoms with Gasteiger partial charge in [0.05, 0.1) is 26.4 Å². The van der Waals surface area contributed by atoms with E-state index in [0.717, 1.165) is 10.6 Å². The highest BCUT2D eigenvalue weighted by Gasteiger charge is 2.47. The summed E-state index contributed by atoms with van der Waals surface area (Å²) in [5.74, 6) is 0.480. The Morgan fingerprint density at radius 3 is 2.69 bits per heavy atom. The number of carbonyl (C=O) groups excluding carboxylic acids is 1. The van der Waals surface area contributed by atoms with Gasteiger partial charge in [0, 0.05) is 31.0 Å². The number of thioether (sulfide) groups is 1. The molecule has 2 heterocycles. The van der Waals surface area contributed by atoms with Crippen molar-refractivity contribution in [1.29, 1.82) is 0 Å². The lowest BCUT2D eigenvalue weighted by Crippen LogP contribution is -2.39. The van der Waals surface area contributed by atoms with Crippen molar-refractivity contribution in [2.75, 3.05) is 39.3 Å². The number of methoxy groups -OCH3 is 1. The maximum Gasteiger partial charge on any atom is 0.330 e. The number of carbonyl (C=O) groups is 1. The van der Waals surface area contributed by atoms with Gasteiger partial charge in [-0.2, -0.15) is 0 Å². The number of hydrogen-bond acceptors (Lipinski definition) is 11. The molecule has 0 bridgehead atoms. The van der Waals surface area contributed by atoms with E-state index in [1.54, 1.807) is 0 Å². The summed E-state index contributed by atoms with van der Waals surface area (Å²) in [7, 11) is -1.65. The fourth-order valence-electron chi connectivity index (χ4n) is 2.90. The molecule has 0 spiro atoms. The van der Waals surface area contributed by atoms with Crippen LogP contribution in [0.3, 0.4) is 0 Å². The molecule has 5 unspecified atom stereocenters. The van der Waals surface area contributed by atoms with Crippen molar-refractivity contribution in [1.82, 2.24) is 9.55 Å². The number of aliphatic hydroxyl groups is 1. The Kier molecular flexibility index (Phi) is 11.3. The molecule has 32 heavy (non-hydrogen) atoms. The minimum absolute atomic E-state index is 0.00157. The Balaban J connectivity index is 1.83. The smallest absolute Gasteiger partial charge is 0.330 e. The van der Waals surface area contributed by atoms with E-state index in [-0.39, 0.29) is 24.2 Å². The highest BCUT2D eigenvalue weighted by atomic mass is 32.2. The number of rotatable bonds is 13. The van der Waals surface area contributed by atoms with Crippen LogP contribution in [-0.4, -0.2) is 77.4 Å². The molecule has 182 valence electrons. The maximum atomic E-state index is 12.3. The first-order valence-corrected chi connectivity index (χ1v) is 12.2. The summed E-state index contributed by atoms with van der Waals surface area (Å²) in [5.41, 5.74) is -1.30. The van der Waals surface area contributed by atoms with E-state index in [2.05, 4.69) is 4.98 Å². The summed E-state index contributed by atoms with van der Waals surface area (Å²) in [6.45, 7) is 3.67. The molecule has 2 rings (SSSR count). The first-order valence-electron chi connectivity index (χ1n) is 9.96. The lowest BCUT2D eigenvalue weighted by Gasteiger charge is -2.22. The summed E-state index contributed by atoms with van der Waals surface area (Å²) in [4.78, 5) is 37.0. The largest absolute Gasteiger partial charge is 0.394 e. The van der Waals surface area contributed by atoms with E-state index in [9.17, 15) is 24.1 Å². The average molecular weight is 496 g/mol. The number of nitrogens with one attached hydrogen (secondary N) is 1. The molecule has 1 saturated heterocycles. The number of aromatic amines is 1. The van der Waals surface area contributed by atoms with Gasteiger partial charge in [0.25, 0.3) is 5.56 Å². The molecule has 0 radical (unpaired) electrons. The van der Waals surface area contributed by atoms with Crippen LogP contribution in [0.4, 0.5) is 0 Å². The molecule has 14 heteroatoms. The Bertz CT molecular complexity index is 876. The molecule has 0 saturated carbocycles. The quantitative estimate of drug-likeness (QED) is 0.283. The van der Waals surface area contributed by atoms with Gasteiger partial charge in [0.1, 0.15) is 18.3 Å². The molecule has 0 amide bonds. The molecule has 1 aliphatic rings. The monoisotopic (exact) mass is 496 g/mol. The van der Waals surface area contributed by atoms with Gasteiger partial charge in [-0.05, 0) is 0 Å². The molecule has 0 aliphatic carbocycles. The zero-order valence-corrected chi connectivity index (χ0v) is 19.9. The van der Waals surface area contributed by atoms with Crippen LogP contribution < -0.4 is 11.2 Å². The number of nitrogens with zero attached hydrogens (tertiary/aromatic N) is 1. The van der Waals surface area contributed by atoms with Gasteiger partial charge in [-0.1, -0.05) is 25.6 Å². The number of ether oxygens (including phenoxy) is 3. The Hall–Kier alpha value is -1.31. The highest BCUT2D eigenvalue weighted by molar-refractivity contribution is 8.13. The second-order valence-corrected chi connectivity index (χ2v) is 9.20. The number of aliphatic hydroxyl groups excluding tert-OH is 1. The van der Waals surface area contributed by atoms with Gasteiger partial charge in [-0.25, -0.2) is 4.79 Å².